The van der Waals surface area contributed by atoms with E-state index in [9.17, 15) is 17.8 Å². The molecule has 1 N–H and O–H groups in total. The molecule has 3 rings (SSSR count). The van der Waals surface area contributed by atoms with Crippen molar-refractivity contribution in [2.75, 3.05) is 0 Å². The first-order valence-electron chi connectivity index (χ1n) is 11.1. The SMILES string of the molecule is CC(C)c1cc(OC(=O)c2ccc(C3CCCCC3)cc2)cc(C(C)C)c1S(=O)(=O)O. The van der Waals surface area contributed by atoms with Gasteiger partial charge in [0.1, 0.15) is 10.6 Å². The Kier molecular flexibility index (Phi) is 7.22. The van der Waals surface area contributed by atoms with Gasteiger partial charge in [0, 0.05) is 0 Å². The van der Waals surface area contributed by atoms with E-state index in [-0.39, 0.29) is 22.5 Å². The topological polar surface area (TPSA) is 80.7 Å². The zero-order valence-corrected chi connectivity index (χ0v) is 19.5. The minimum atomic E-state index is -4.41. The fourth-order valence-corrected chi connectivity index (χ4v) is 5.54. The Morgan fingerprint density at radius 1 is 0.935 bits per heavy atom. The summed E-state index contributed by atoms with van der Waals surface area (Å²) in [6, 6.07) is 10.7. The van der Waals surface area contributed by atoms with Crippen LogP contribution < -0.4 is 4.74 Å². The molecule has 0 saturated heterocycles. The summed E-state index contributed by atoms with van der Waals surface area (Å²) in [7, 11) is -4.41. The van der Waals surface area contributed by atoms with E-state index in [4.69, 9.17) is 4.74 Å². The summed E-state index contributed by atoms with van der Waals surface area (Å²) < 4.78 is 39.5. The first-order chi connectivity index (χ1) is 14.6. The van der Waals surface area contributed by atoms with E-state index in [0.29, 0.717) is 22.6 Å². The first-order valence-corrected chi connectivity index (χ1v) is 12.5. The average Bonchev–Trinajstić information content (AvgIpc) is 2.73. The van der Waals surface area contributed by atoms with E-state index in [0.717, 1.165) is 0 Å². The van der Waals surface area contributed by atoms with Gasteiger partial charge in [-0.25, -0.2) is 4.79 Å². The largest absolute Gasteiger partial charge is 0.423 e. The Balaban J connectivity index is 1.88. The van der Waals surface area contributed by atoms with Gasteiger partial charge in [-0.3, -0.25) is 4.55 Å². The van der Waals surface area contributed by atoms with Gasteiger partial charge in [0.25, 0.3) is 10.1 Å². The van der Waals surface area contributed by atoms with Crippen molar-refractivity contribution in [2.24, 2.45) is 0 Å². The number of benzene rings is 2. The van der Waals surface area contributed by atoms with Gasteiger partial charge in [-0.1, -0.05) is 59.1 Å². The molecule has 31 heavy (non-hydrogen) atoms. The lowest BCUT2D eigenvalue weighted by molar-refractivity contribution is 0.0734. The summed E-state index contributed by atoms with van der Waals surface area (Å²) >= 11 is 0. The van der Waals surface area contributed by atoms with Crippen LogP contribution in [0.5, 0.6) is 5.75 Å². The third-order valence-electron chi connectivity index (χ3n) is 6.06. The molecule has 0 atom stereocenters. The summed E-state index contributed by atoms with van der Waals surface area (Å²) in [4.78, 5) is 12.7. The van der Waals surface area contributed by atoms with Crippen LogP contribution in [0.4, 0.5) is 0 Å². The normalized spacial score (nSPS) is 15.5. The van der Waals surface area contributed by atoms with E-state index >= 15 is 0 Å². The van der Waals surface area contributed by atoms with Crippen LogP contribution in [0.25, 0.3) is 0 Å². The summed E-state index contributed by atoms with van der Waals surface area (Å²) in [5.41, 5.74) is 2.59. The number of hydrogen-bond acceptors (Lipinski definition) is 4. The number of carbonyl (C=O) groups is 1. The van der Waals surface area contributed by atoms with E-state index in [1.54, 1.807) is 12.1 Å². The molecule has 1 aliphatic carbocycles. The molecule has 2 aromatic rings. The van der Waals surface area contributed by atoms with Gasteiger partial charge in [-0.2, -0.15) is 8.42 Å². The molecular formula is C25H32O5S. The van der Waals surface area contributed by atoms with Crippen LogP contribution in [-0.4, -0.2) is 18.9 Å². The highest BCUT2D eigenvalue weighted by Crippen LogP contribution is 2.36. The molecule has 2 aromatic carbocycles. The maximum absolute atomic E-state index is 12.8. The molecule has 0 bridgehead atoms. The summed E-state index contributed by atoms with van der Waals surface area (Å²) in [5.74, 6) is 0.0000667. The van der Waals surface area contributed by atoms with Crippen LogP contribution in [0.1, 0.15) is 105 Å². The Labute approximate surface area is 185 Å². The van der Waals surface area contributed by atoms with Crippen LogP contribution in [0.15, 0.2) is 41.3 Å². The minimum absolute atomic E-state index is 0.0888. The van der Waals surface area contributed by atoms with Crippen molar-refractivity contribution in [3.05, 3.63) is 58.7 Å². The lowest BCUT2D eigenvalue weighted by Crippen LogP contribution is -2.13. The summed E-state index contributed by atoms with van der Waals surface area (Å²) in [6.45, 7) is 7.35. The predicted molar refractivity (Wildman–Crippen MR) is 122 cm³/mol. The van der Waals surface area contributed by atoms with E-state index in [1.807, 2.05) is 39.8 Å². The Morgan fingerprint density at radius 2 is 1.45 bits per heavy atom. The molecule has 0 heterocycles. The highest BCUT2D eigenvalue weighted by atomic mass is 32.2. The van der Waals surface area contributed by atoms with Gasteiger partial charge in [-0.05, 0) is 71.6 Å². The maximum Gasteiger partial charge on any atom is 0.343 e. The second kappa shape index (κ2) is 9.53. The quantitative estimate of drug-likeness (QED) is 0.315. The molecule has 0 unspecified atom stereocenters. The number of ether oxygens (including phenoxy) is 1. The standard InChI is InChI=1S/C25H32O5S/c1-16(2)22-14-21(15-23(17(3)4)24(22)31(27,28)29)30-25(26)20-12-10-19(11-13-20)18-8-6-5-7-9-18/h10-18H,5-9H2,1-4H3,(H,27,28,29). The van der Waals surface area contributed by atoms with Crippen LogP contribution in [0.2, 0.25) is 0 Å². The smallest absolute Gasteiger partial charge is 0.343 e. The Hall–Kier alpha value is -2.18. The van der Waals surface area contributed by atoms with Gasteiger partial charge in [0.15, 0.2) is 0 Å². The van der Waals surface area contributed by atoms with Gasteiger partial charge in [-0.15, -0.1) is 0 Å². The van der Waals surface area contributed by atoms with Crippen LogP contribution in [-0.2, 0) is 10.1 Å². The monoisotopic (exact) mass is 444 g/mol. The van der Waals surface area contributed by atoms with Crippen molar-refractivity contribution >= 4 is 16.1 Å². The van der Waals surface area contributed by atoms with Gasteiger partial charge in [0.05, 0.1) is 5.56 Å². The van der Waals surface area contributed by atoms with Crippen molar-refractivity contribution in [3.63, 3.8) is 0 Å². The fourth-order valence-electron chi connectivity index (χ4n) is 4.35. The Bertz CT molecular complexity index is 1000. The maximum atomic E-state index is 12.8. The molecular weight excluding hydrogens is 412 g/mol. The third-order valence-corrected chi connectivity index (χ3v) is 7.04. The van der Waals surface area contributed by atoms with Crippen molar-refractivity contribution in [3.8, 4) is 5.75 Å². The van der Waals surface area contributed by atoms with Gasteiger partial charge in [0.2, 0.25) is 0 Å². The van der Waals surface area contributed by atoms with Crippen molar-refractivity contribution < 1.29 is 22.5 Å². The lowest BCUT2D eigenvalue weighted by Gasteiger charge is -2.22. The molecule has 0 radical (unpaired) electrons. The van der Waals surface area contributed by atoms with E-state index < -0.39 is 16.1 Å². The molecule has 0 amide bonds. The first kappa shape index (κ1) is 23.5. The number of esters is 1. The van der Waals surface area contributed by atoms with Gasteiger partial charge >= 0.3 is 5.97 Å². The Morgan fingerprint density at radius 3 is 1.90 bits per heavy atom. The minimum Gasteiger partial charge on any atom is -0.423 e. The van der Waals surface area contributed by atoms with E-state index in [1.165, 1.54) is 49.8 Å². The zero-order valence-electron chi connectivity index (χ0n) is 18.7. The van der Waals surface area contributed by atoms with Crippen LogP contribution in [0.3, 0.4) is 0 Å². The number of rotatable bonds is 6. The molecule has 5 nitrogen and oxygen atoms in total. The van der Waals surface area contributed by atoms with E-state index in [2.05, 4.69) is 0 Å². The lowest BCUT2D eigenvalue weighted by atomic mass is 9.84. The predicted octanol–water partition coefficient (Wildman–Crippen LogP) is 6.45. The molecule has 1 aliphatic rings. The average molecular weight is 445 g/mol. The molecule has 0 aliphatic heterocycles. The molecule has 1 saturated carbocycles. The van der Waals surface area contributed by atoms with Crippen molar-refractivity contribution in [1.29, 1.82) is 0 Å². The molecule has 0 spiro atoms. The van der Waals surface area contributed by atoms with Crippen molar-refractivity contribution in [1.82, 2.24) is 0 Å². The van der Waals surface area contributed by atoms with Crippen LogP contribution in [0, 0.1) is 0 Å². The molecule has 1 fully saturated rings. The number of carbonyl (C=O) groups excluding carboxylic acids is 1. The zero-order chi connectivity index (χ0) is 22.8. The highest BCUT2D eigenvalue weighted by Gasteiger charge is 2.26. The van der Waals surface area contributed by atoms with Gasteiger partial charge < -0.3 is 4.74 Å². The third kappa shape index (κ3) is 5.55. The molecule has 168 valence electrons. The second-order valence-electron chi connectivity index (χ2n) is 9.06. The molecule has 6 heteroatoms. The number of hydrogen-bond donors (Lipinski definition) is 1. The second-order valence-corrected chi connectivity index (χ2v) is 10.4. The molecule has 0 aromatic heterocycles. The summed E-state index contributed by atoms with van der Waals surface area (Å²) in [5, 5.41) is 0. The van der Waals surface area contributed by atoms with Crippen molar-refractivity contribution in [2.45, 2.75) is 82.4 Å². The fraction of sp³-hybridized carbons (Fsp3) is 0.480. The summed E-state index contributed by atoms with van der Waals surface area (Å²) in [6.07, 6.45) is 6.20. The van der Waals surface area contributed by atoms with Crippen LogP contribution >= 0.6 is 0 Å². The highest BCUT2D eigenvalue weighted by molar-refractivity contribution is 7.86.